The maximum absolute atomic E-state index is 13.0. The summed E-state index contributed by atoms with van der Waals surface area (Å²) >= 11 is 0. The molecule has 1 aliphatic heterocycles. The number of ether oxygens (including phenoxy) is 1. The highest BCUT2D eigenvalue weighted by molar-refractivity contribution is 7.92. The van der Waals surface area contributed by atoms with Crippen molar-refractivity contribution >= 4 is 31.6 Å². The SMILES string of the molecule is Cc1ccc(S(=O)(=O)N(C)c2cccc(C(=O)NCCOc3ccc(S(=O)(=O)N4CCCCC4)cc3)c2)cc1. The van der Waals surface area contributed by atoms with Crippen molar-refractivity contribution in [1.29, 1.82) is 0 Å². The molecule has 3 aromatic carbocycles. The summed E-state index contributed by atoms with van der Waals surface area (Å²) in [4.78, 5) is 13.1. The Morgan fingerprint density at radius 1 is 0.897 bits per heavy atom. The second-order valence-corrected chi connectivity index (χ2v) is 13.3. The Morgan fingerprint density at radius 2 is 1.54 bits per heavy atom. The number of nitrogens with zero attached hydrogens (tertiary/aromatic N) is 2. The van der Waals surface area contributed by atoms with E-state index in [9.17, 15) is 21.6 Å². The van der Waals surface area contributed by atoms with Crippen LogP contribution >= 0.6 is 0 Å². The molecule has 4 rings (SSSR count). The molecular weight excluding hydrogens is 538 g/mol. The highest BCUT2D eigenvalue weighted by Crippen LogP contribution is 2.24. The van der Waals surface area contributed by atoms with Crippen molar-refractivity contribution in [3.05, 3.63) is 83.9 Å². The Morgan fingerprint density at radius 3 is 2.21 bits per heavy atom. The lowest BCUT2D eigenvalue weighted by molar-refractivity contribution is 0.0947. The lowest BCUT2D eigenvalue weighted by atomic mass is 10.2. The van der Waals surface area contributed by atoms with Crippen molar-refractivity contribution in [1.82, 2.24) is 9.62 Å². The zero-order chi connectivity index (χ0) is 28.0. The molecule has 9 nitrogen and oxygen atoms in total. The first-order valence-corrected chi connectivity index (χ1v) is 15.6. The summed E-state index contributed by atoms with van der Waals surface area (Å²) in [5, 5.41) is 2.76. The molecule has 39 heavy (non-hydrogen) atoms. The molecule has 1 fully saturated rings. The van der Waals surface area contributed by atoms with Crippen LogP contribution in [0.3, 0.4) is 0 Å². The standard InChI is InChI=1S/C28H33N3O6S2/c1-22-9-13-26(14-10-22)38(33,34)30(2)24-8-6-7-23(21-24)28(32)29-17-20-37-25-11-15-27(16-12-25)39(35,36)31-18-4-3-5-19-31/h6-16,21H,3-5,17-20H2,1-2H3,(H,29,32). The molecule has 0 aliphatic carbocycles. The second-order valence-electron chi connectivity index (χ2n) is 9.38. The molecule has 0 aromatic heterocycles. The molecule has 3 aromatic rings. The van der Waals surface area contributed by atoms with E-state index in [1.807, 2.05) is 6.92 Å². The summed E-state index contributed by atoms with van der Waals surface area (Å²) in [6.07, 6.45) is 2.80. The van der Waals surface area contributed by atoms with Gasteiger partial charge in [0.1, 0.15) is 12.4 Å². The van der Waals surface area contributed by atoms with Crippen molar-refractivity contribution < 1.29 is 26.4 Å². The summed E-state index contributed by atoms with van der Waals surface area (Å²) in [5.74, 6) is 0.122. The molecule has 0 unspecified atom stereocenters. The molecule has 1 aliphatic rings. The highest BCUT2D eigenvalue weighted by atomic mass is 32.2. The molecule has 1 amide bonds. The molecule has 0 bridgehead atoms. The Balaban J connectivity index is 1.30. The number of hydrogen-bond donors (Lipinski definition) is 1. The third-order valence-electron chi connectivity index (χ3n) is 6.58. The second kappa shape index (κ2) is 12.2. The molecular formula is C28H33N3O6S2. The highest BCUT2D eigenvalue weighted by Gasteiger charge is 2.26. The van der Waals surface area contributed by atoms with Crippen molar-refractivity contribution in [3.8, 4) is 5.75 Å². The van der Waals surface area contributed by atoms with Crippen LogP contribution in [0, 0.1) is 6.92 Å². The van der Waals surface area contributed by atoms with Crippen LogP contribution < -0.4 is 14.4 Å². The molecule has 0 atom stereocenters. The number of anilines is 1. The van der Waals surface area contributed by atoms with Gasteiger partial charge in [0.25, 0.3) is 15.9 Å². The van der Waals surface area contributed by atoms with Gasteiger partial charge < -0.3 is 10.1 Å². The molecule has 11 heteroatoms. The van der Waals surface area contributed by atoms with E-state index in [0.717, 1.165) is 29.1 Å². The Kier molecular flexibility index (Phi) is 8.94. The first kappa shape index (κ1) is 28.6. The predicted molar refractivity (Wildman–Crippen MR) is 150 cm³/mol. The summed E-state index contributed by atoms with van der Waals surface area (Å²) in [6, 6.07) is 19.2. The quantitative estimate of drug-likeness (QED) is 0.371. The van der Waals surface area contributed by atoms with Crippen LogP contribution in [0.5, 0.6) is 5.75 Å². The van der Waals surface area contributed by atoms with E-state index >= 15 is 0 Å². The van der Waals surface area contributed by atoms with Crippen LogP contribution in [0.4, 0.5) is 5.69 Å². The lowest BCUT2D eigenvalue weighted by Gasteiger charge is -2.25. The van der Waals surface area contributed by atoms with Crippen LogP contribution in [-0.4, -0.2) is 60.3 Å². The van der Waals surface area contributed by atoms with Crippen LogP contribution in [0.1, 0.15) is 35.2 Å². The topological polar surface area (TPSA) is 113 Å². The van der Waals surface area contributed by atoms with Gasteiger partial charge in [0.05, 0.1) is 22.0 Å². The zero-order valence-corrected chi connectivity index (χ0v) is 23.7. The Hall–Kier alpha value is -3.41. The van der Waals surface area contributed by atoms with Gasteiger partial charge in [0.2, 0.25) is 10.0 Å². The normalized spacial score (nSPS) is 14.5. The van der Waals surface area contributed by atoms with Crippen LogP contribution in [-0.2, 0) is 20.0 Å². The number of nitrogens with one attached hydrogen (secondary N) is 1. The molecule has 0 saturated carbocycles. The number of rotatable bonds is 10. The van der Waals surface area contributed by atoms with E-state index in [1.165, 1.54) is 29.6 Å². The Labute approximate surface area is 230 Å². The fourth-order valence-electron chi connectivity index (χ4n) is 4.25. The number of hydrogen-bond acceptors (Lipinski definition) is 6. The molecule has 208 valence electrons. The van der Waals surface area contributed by atoms with E-state index in [0.29, 0.717) is 30.1 Å². The monoisotopic (exact) mass is 571 g/mol. The third-order valence-corrected chi connectivity index (χ3v) is 10.3. The molecule has 1 N–H and O–H groups in total. The fraction of sp³-hybridized carbons (Fsp3) is 0.321. The van der Waals surface area contributed by atoms with Gasteiger partial charge in [-0.2, -0.15) is 4.31 Å². The summed E-state index contributed by atoms with van der Waals surface area (Å²) < 4.78 is 59.9. The van der Waals surface area contributed by atoms with Crippen LogP contribution in [0.2, 0.25) is 0 Å². The average Bonchev–Trinajstić information content (AvgIpc) is 2.96. The predicted octanol–water partition coefficient (Wildman–Crippen LogP) is 3.80. The van der Waals surface area contributed by atoms with Crippen LogP contribution in [0.25, 0.3) is 0 Å². The average molecular weight is 572 g/mol. The Bertz CT molecular complexity index is 1500. The van der Waals surface area contributed by atoms with E-state index in [2.05, 4.69) is 5.32 Å². The smallest absolute Gasteiger partial charge is 0.264 e. The number of amides is 1. The van der Waals surface area contributed by atoms with Gasteiger partial charge >= 0.3 is 0 Å². The number of carbonyl (C=O) groups is 1. The maximum atomic E-state index is 13.0. The number of piperidine rings is 1. The zero-order valence-electron chi connectivity index (χ0n) is 22.0. The largest absolute Gasteiger partial charge is 0.492 e. The summed E-state index contributed by atoms with van der Waals surface area (Å²) in [6.45, 7) is 3.34. The van der Waals surface area contributed by atoms with Gasteiger partial charge in [0, 0.05) is 25.7 Å². The number of benzene rings is 3. The van der Waals surface area contributed by atoms with E-state index in [-0.39, 0.29) is 28.8 Å². The van der Waals surface area contributed by atoms with Gasteiger partial charge in [-0.15, -0.1) is 0 Å². The van der Waals surface area contributed by atoms with Gasteiger partial charge in [0.15, 0.2) is 0 Å². The van der Waals surface area contributed by atoms with E-state index in [4.69, 9.17) is 4.74 Å². The number of sulfonamides is 2. The van der Waals surface area contributed by atoms with Crippen molar-refractivity contribution in [2.75, 3.05) is 37.6 Å². The van der Waals surface area contributed by atoms with E-state index < -0.39 is 20.0 Å². The van der Waals surface area contributed by atoms with E-state index in [1.54, 1.807) is 54.6 Å². The maximum Gasteiger partial charge on any atom is 0.264 e. The molecule has 1 saturated heterocycles. The minimum atomic E-state index is -3.78. The summed E-state index contributed by atoms with van der Waals surface area (Å²) in [7, 11) is -5.84. The fourth-order valence-corrected chi connectivity index (χ4v) is 6.95. The van der Waals surface area contributed by atoms with Crippen LogP contribution in [0.15, 0.2) is 82.6 Å². The minimum Gasteiger partial charge on any atom is -0.492 e. The van der Waals surface area contributed by atoms with Crippen molar-refractivity contribution in [2.45, 2.75) is 36.0 Å². The van der Waals surface area contributed by atoms with Crippen molar-refractivity contribution in [2.24, 2.45) is 0 Å². The first-order valence-electron chi connectivity index (χ1n) is 12.8. The molecule has 1 heterocycles. The third kappa shape index (κ3) is 6.78. The first-order chi connectivity index (χ1) is 18.6. The molecule has 0 radical (unpaired) electrons. The van der Waals surface area contributed by atoms with Gasteiger partial charge in [-0.3, -0.25) is 9.10 Å². The van der Waals surface area contributed by atoms with Gasteiger partial charge in [-0.05, 0) is 74.4 Å². The summed E-state index contributed by atoms with van der Waals surface area (Å²) in [5.41, 5.74) is 1.63. The van der Waals surface area contributed by atoms with Gasteiger partial charge in [-0.25, -0.2) is 16.8 Å². The minimum absolute atomic E-state index is 0.166. The lowest BCUT2D eigenvalue weighted by Crippen LogP contribution is -2.35. The number of carbonyl (C=O) groups excluding carboxylic acids is 1. The van der Waals surface area contributed by atoms with Gasteiger partial charge in [-0.1, -0.05) is 30.2 Å². The number of aryl methyl sites for hydroxylation is 1. The van der Waals surface area contributed by atoms with Crippen molar-refractivity contribution in [3.63, 3.8) is 0 Å². The molecule has 0 spiro atoms.